The van der Waals surface area contributed by atoms with Crippen molar-refractivity contribution in [3.63, 3.8) is 0 Å². The van der Waals surface area contributed by atoms with E-state index in [1.807, 2.05) is 0 Å². The van der Waals surface area contributed by atoms with E-state index in [1.54, 1.807) is 0 Å². The van der Waals surface area contributed by atoms with E-state index in [1.165, 1.54) is 64.7 Å². The van der Waals surface area contributed by atoms with Crippen LogP contribution in [0.25, 0.3) is 0 Å². The molecule has 1 unspecified atom stereocenters. The molecule has 0 saturated carbocycles. The van der Waals surface area contributed by atoms with Gasteiger partial charge in [0.15, 0.2) is 0 Å². The van der Waals surface area contributed by atoms with Crippen LogP contribution in [0.2, 0.25) is 0 Å². The first-order valence-electron chi connectivity index (χ1n) is 10.8. The first-order chi connectivity index (χ1) is 12.3. The molecule has 0 heterocycles. The quantitative estimate of drug-likeness (QED) is 0.270. The fourth-order valence-corrected chi connectivity index (χ4v) is 3.26. The Morgan fingerprint density at radius 1 is 0.769 bits per heavy atom. The van der Waals surface area contributed by atoms with Crippen molar-refractivity contribution < 1.29 is 19.7 Å². The molecule has 0 rings (SSSR count). The topological polar surface area (TPSA) is 66.8 Å². The summed E-state index contributed by atoms with van der Waals surface area (Å²) in [7, 11) is 0. The lowest BCUT2D eigenvalue weighted by molar-refractivity contribution is -0.144. The molecule has 0 aromatic heterocycles. The second kappa shape index (κ2) is 16.6. The van der Waals surface area contributed by atoms with E-state index in [0.29, 0.717) is 12.3 Å². The zero-order valence-corrected chi connectivity index (χ0v) is 17.7. The number of esters is 1. The zero-order chi connectivity index (χ0) is 19.8. The van der Waals surface area contributed by atoms with Gasteiger partial charge in [0, 0.05) is 13.3 Å². The molecule has 0 amide bonds. The van der Waals surface area contributed by atoms with Crippen LogP contribution in [0.3, 0.4) is 0 Å². The lowest BCUT2D eigenvalue weighted by atomic mass is 9.94. The maximum absolute atomic E-state index is 10.7. The smallest absolute Gasteiger partial charge is 0.302 e. The van der Waals surface area contributed by atoms with Gasteiger partial charge in [-0.1, -0.05) is 78.6 Å². The van der Waals surface area contributed by atoms with Crippen molar-refractivity contribution in [2.24, 2.45) is 11.8 Å². The maximum atomic E-state index is 10.7. The second-order valence-electron chi connectivity index (χ2n) is 8.47. The van der Waals surface area contributed by atoms with Crippen molar-refractivity contribution in [3.05, 3.63) is 0 Å². The second-order valence-corrected chi connectivity index (χ2v) is 8.47. The lowest BCUT2D eigenvalue weighted by Crippen LogP contribution is -2.23. The molecule has 0 aliphatic heterocycles. The fraction of sp³-hybridized carbons (Fsp3) is 0.955. The van der Waals surface area contributed by atoms with Gasteiger partial charge in [-0.05, 0) is 24.7 Å². The fourth-order valence-electron chi connectivity index (χ4n) is 3.26. The summed E-state index contributed by atoms with van der Waals surface area (Å²) in [6.45, 7) is 8.13. The number of aliphatic hydroxyl groups excluding tert-OH is 2. The molecule has 0 aliphatic rings. The predicted molar refractivity (Wildman–Crippen MR) is 108 cm³/mol. The van der Waals surface area contributed by atoms with E-state index in [0.717, 1.165) is 12.3 Å². The third-order valence-corrected chi connectivity index (χ3v) is 4.99. The highest BCUT2D eigenvalue weighted by molar-refractivity contribution is 5.65. The number of ether oxygens (including phenoxy) is 1. The molecule has 0 bridgehead atoms. The van der Waals surface area contributed by atoms with E-state index in [2.05, 4.69) is 20.8 Å². The van der Waals surface area contributed by atoms with Crippen molar-refractivity contribution in [1.29, 1.82) is 0 Å². The molecule has 4 nitrogen and oxygen atoms in total. The maximum Gasteiger partial charge on any atom is 0.302 e. The Bertz CT molecular complexity index is 330. The summed E-state index contributed by atoms with van der Waals surface area (Å²) in [6.07, 6.45) is 12.7. The number of rotatable bonds is 17. The summed E-state index contributed by atoms with van der Waals surface area (Å²) in [5, 5.41) is 19.7. The number of hydrogen-bond donors (Lipinski definition) is 2. The van der Waals surface area contributed by atoms with E-state index in [-0.39, 0.29) is 13.0 Å². The summed E-state index contributed by atoms with van der Waals surface area (Å²) in [6, 6.07) is 0. The average molecular weight is 373 g/mol. The third kappa shape index (κ3) is 18.2. The SMILES string of the molecule is CC(=O)OC[C@@H](O)C[C@@H](O)CCC(C)CCCCCCCCCC(C)C. The van der Waals surface area contributed by atoms with Crippen LogP contribution in [0.4, 0.5) is 0 Å². The number of carbonyl (C=O) groups is 1. The molecule has 0 aliphatic carbocycles. The van der Waals surface area contributed by atoms with Gasteiger partial charge in [0.1, 0.15) is 6.61 Å². The lowest BCUT2D eigenvalue weighted by Gasteiger charge is -2.17. The van der Waals surface area contributed by atoms with E-state index in [4.69, 9.17) is 4.74 Å². The molecule has 0 fully saturated rings. The zero-order valence-electron chi connectivity index (χ0n) is 17.7. The minimum Gasteiger partial charge on any atom is -0.463 e. The highest BCUT2D eigenvalue weighted by atomic mass is 16.5. The van der Waals surface area contributed by atoms with Crippen LogP contribution in [0.15, 0.2) is 0 Å². The minimum absolute atomic E-state index is 0.0284. The minimum atomic E-state index is -0.773. The normalized spacial score (nSPS) is 15.0. The van der Waals surface area contributed by atoms with Crippen molar-refractivity contribution >= 4 is 5.97 Å². The van der Waals surface area contributed by atoms with E-state index < -0.39 is 18.2 Å². The van der Waals surface area contributed by atoms with Crippen molar-refractivity contribution in [2.75, 3.05) is 6.61 Å². The van der Waals surface area contributed by atoms with Crippen LogP contribution in [-0.4, -0.2) is 35.0 Å². The number of hydrogen-bond acceptors (Lipinski definition) is 4. The van der Waals surface area contributed by atoms with Gasteiger partial charge in [0.2, 0.25) is 0 Å². The Kier molecular flexibility index (Phi) is 16.2. The van der Waals surface area contributed by atoms with Gasteiger partial charge in [-0.3, -0.25) is 4.79 Å². The average Bonchev–Trinajstić information content (AvgIpc) is 2.56. The molecular formula is C22H44O4. The van der Waals surface area contributed by atoms with Crippen molar-refractivity contribution in [1.82, 2.24) is 0 Å². The molecule has 3 atom stereocenters. The van der Waals surface area contributed by atoms with Crippen LogP contribution in [0.1, 0.15) is 105 Å². The molecule has 26 heavy (non-hydrogen) atoms. The van der Waals surface area contributed by atoms with E-state index in [9.17, 15) is 15.0 Å². The predicted octanol–water partition coefficient (Wildman–Crippen LogP) is 5.24. The molecule has 4 heteroatoms. The Morgan fingerprint density at radius 2 is 1.31 bits per heavy atom. The number of aliphatic hydroxyl groups is 2. The molecule has 0 saturated heterocycles. The van der Waals surface area contributed by atoms with E-state index >= 15 is 0 Å². The van der Waals surface area contributed by atoms with Crippen LogP contribution < -0.4 is 0 Å². The van der Waals surface area contributed by atoms with Gasteiger partial charge in [-0.2, -0.15) is 0 Å². The summed E-state index contributed by atoms with van der Waals surface area (Å²) in [5.41, 5.74) is 0. The summed E-state index contributed by atoms with van der Waals surface area (Å²) >= 11 is 0. The van der Waals surface area contributed by atoms with Crippen LogP contribution >= 0.6 is 0 Å². The Hall–Kier alpha value is -0.610. The molecule has 0 radical (unpaired) electrons. The first-order valence-corrected chi connectivity index (χ1v) is 10.8. The van der Waals surface area contributed by atoms with Gasteiger partial charge in [0.05, 0.1) is 12.2 Å². The van der Waals surface area contributed by atoms with Gasteiger partial charge in [-0.25, -0.2) is 0 Å². The molecule has 156 valence electrons. The molecule has 0 spiro atoms. The standard InChI is InChI=1S/C22H44O4/c1-18(2)12-10-8-6-5-7-9-11-13-19(3)14-15-21(24)16-22(25)17-26-20(4)23/h18-19,21-22,24-25H,5-17H2,1-4H3/t19?,21-,22-/m0/s1. The summed E-state index contributed by atoms with van der Waals surface area (Å²) < 4.78 is 4.75. The largest absolute Gasteiger partial charge is 0.463 e. The summed E-state index contributed by atoms with van der Waals surface area (Å²) in [4.78, 5) is 10.7. The van der Waals surface area contributed by atoms with Gasteiger partial charge >= 0.3 is 5.97 Å². The third-order valence-electron chi connectivity index (χ3n) is 4.99. The Balaban J connectivity index is 3.47. The molecular weight excluding hydrogens is 328 g/mol. The number of carbonyl (C=O) groups excluding carboxylic acids is 1. The van der Waals surface area contributed by atoms with Gasteiger partial charge < -0.3 is 14.9 Å². The Labute approximate surface area is 161 Å². The highest BCUT2D eigenvalue weighted by Gasteiger charge is 2.14. The van der Waals surface area contributed by atoms with Gasteiger partial charge in [0.25, 0.3) is 0 Å². The first kappa shape index (κ1) is 25.4. The van der Waals surface area contributed by atoms with Gasteiger partial charge in [-0.15, -0.1) is 0 Å². The van der Waals surface area contributed by atoms with Crippen LogP contribution in [0, 0.1) is 11.8 Å². The van der Waals surface area contributed by atoms with Crippen molar-refractivity contribution in [2.45, 2.75) is 117 Å². The monoisotopic (exact) mass is 372 g/mol. The van der Waals surface area contributed by atoms with Crippen molar-refractivity contribution in [3.8, 4) is 0 Å². The molecule has 0 aromatic carbocycles. The van der Waals surface area contributed by atoms with Crippen LogP contribution in [-0.2, 0) is 9.53 Å². The molecule has 0 aromatic rings. The molecule has 2 N–H and O–H groups in total. The van der Waals surface area contributed by atoms with Crippen LogP contribution in [0.5, 0.6) is 0 Å². The number of unbranched alkanes of at least 4 members (excludes halogenated alkanes) is 6. The Morgan fingerprint density at radius 3 is 1.85 bits per heavy atom. The highest BCUT2D eigenvalue weighted by Crippen LogP contribution is 2.19. The summed E-state index contributed by atoms with van der Waals surface area (Å²) in [5.74, 6) is 1.05.